The molecule has 11 atom stereocenters. The third kappa shape index (κ3) is 8.46. The predicted molar refractivity (Wildman–Crippen MR) is 175 cm³/mol. The van der Waals surface area contributed by atoms with Crippen LogP contribution in [-0.4, -0.2) is 93.6 Å². The van der Waals surface area contributed by atoms with E-state index in [-0.39, 0.29) is 37.8 Å². The molecule has 0 saturated heterocycles. The maximum atomic E-state index is 13.6. The number of nitrogens with one attached hydrogen (secondary N) is 4. The number of hydrogen-bond donors (Lipinski definition) is 8. The van der Waals surface area contributed by atoms with E-state index in [1.807, 2.05) is 0 Å². The monoisotopic (exact) mass is 718 g/mol. The van der Waals surface area contributed by atoms with Gasteiger partial charge in [0.05, 0.1) is 47.3 Å². The molecule has 5 aliphatic carbocycles. The quantitative estimate of drug-likeness (QED) is 0.139. The van der Waals surface area contributed by atoms with E-state index in [2.05, 4.69) is 21.3 Å². The molecule has 16 heteroatoms. The summed E-state index contributed by atoms with van der Waals surface area (Å²) in [6.45, 7) is 0.442. The van der Waals surface area contributed by atoms with Crippen LogP contribution in [0.25, 0.3) is 0 Å². The first-order valence-electron chi connectivity index (χ1n) is 18.2. The first-order valence-corrected chi connectivity index (χ1v) is 18.2. The predicted octanol–water partition coefficient (Wildman–Crippen LogP) is 0.684. The van der Waals surface area contributed by atoms with Gasteiger partial charge in [-0.3, -0.25) is 38.4 Å². The zero-order valence-corrected chi connectivity index (χ0v) is 28.8. The third-order valence-electron chi connectivity index (χ3n) is 12.7. The summed E-state index contributed by atoms with van der Waals surface area (Å²) in [6.07, 6.45) is 4.97. The van der Waals surface area contributed by atoms with Crippen LogP contribution in [0.2, 0.25) is 0 Å². The van der Waals surface area contributed by atoms with Crippen LogP contribution < -0.4 is 21.3 Å². The van der Waals surface area contributed by atoms with E-state index in [9.17, 15) is 58.8 Å². The first kappa shape index (κ1) is 38.0. The standard InChI is InChI=1S/C35H50N4O12/c1-36-28(40)20-10-22(26(34(48)49)12-24(20)32(44)45)30(42)38-18-4-6-19(7-5-18)39-31(43)23-11-21(25(33(46)47)13-27(23)35(50)51)29(41)37-14-17-9-15-2-3-16(17)8-15/h15-27H,2-14H2,1H3,(H,36,40)(H,37,41)(H,38,42)(H,39,43)(H,44,45)(H,46,47)(H,48,49)(H,50,51). The fraction of sp³-hybridized carbons (Fsp3) is 0.771. The van der Waals surface area contributed by atoms with Gasteiger partial charge in [0, 0.05) is 25.7 Å². The molecule has 5 rings (SSSR count). The third-order valence-corrected chi connectivity index (χ3v) is 12.7. The van der Waals surface area contributed by atoms with Gasteiger partial charge in [-0.1, -0.05) is 6.42 Å². The Morgan fingerprint density at radius 1 is 0.471 bits per heavy atom. The van der Waals surface area contributed by atoms with Gasteiger partial charge in [0.25, 0.3) is 0 Å². The van der Waals surface area contributed by atoms with Crippen LogP contribution >= 0.6 is 0 Å². The summed E-state index contributed by atoms with van der Waals surface area (Å²) in [6, 6.07) is -0.755. The van der Waals surface area contributed by atoms with Crippen LogP contribution in [0.5, 0.6) is 0 Å². The number of carboxylic acid groups (broad SMARTS) is 4. The van der Waals surface area contributed by atoms with Crippen LogP contribution in [0.3, 0.4) is 0 Å². The normalized spacial score (nSPS) is 37.4. The lowest BCUT2D eigenvalue weighted by Crippen LogP contribution is -2.53. The van der Waals surface area contributed by atoms with Crippen molar-refractivity contribution in [2.75, 3.05) is 13.6 Å². The van der Waals surface area contributed by atoms with E-state index in [1.165, 1.54) is 13.5 Å². The Balaban J connectivity index is 1.16. The summed E-state index contributed by atoms with van der Waals surface area (Å²) in [5.41, 5.74) is 0. The Bertz CT molecular complexity index is 1410. The molecule has 0 radical (unpaired) electrons. The van der Waals surface area contributed by atoms with Crippen LogP contribution in [-0.2, 0) is 38.4 Å². The van der Waals surface area contributed by atoms with Crippen LogP contribution in [0.15, 0.2) is 0 Å². The number of fused-ring (bicyclic) bond motifs is 2. The second-order valence-corrected chi connectivity index (χ2v) is 15.5. The molecule has 0 aliphatic heterocycles. The minimum absolute atomic E-state index is 0.209. The summed E-state index contributed by atoms with van der Waals surface area (Å²) in [5.74, 6) is -15.2. The molecule has 5 fully saturated rings. The SMILES string of the molecule is CNC(=O)C1CC(C(=O)NC2CCC(NC(=O)C3CC(C(=O)NCC4CC5CCC4C5)C(C(=O)O)CC3C(=O)O)CC2)C(C(=O)O)CC1C(=O)O. The van der Waals surface area contributed by atoms with E-state index < -0.39 is 94.8 Å². The van der Waals surface area contributed by atoms with E-state index in [0.29, 0.717) is 50.0 Å². The number of hydrogen-bond acceptors (Lipinski definition) is 8. The van der Waals surface area contributed by atoms with Crippen molar-refractivity contribution in [2.24, 2.45) is 65.1 Å². The van der Waals surface area contributed by atoms with Crippen molar-refractivity contribution < 1.29 is 58.8 Å². The summed E-state index contributed by atoms with van der Waals surface area (Å²) in [5, 5.41) is 50.4. The van der Waals surface area contributed by atoms with E-state index in [1.54, 1.807) is 0 Å². The Labute approximate surface area is 295 Å². The Hall–Kier alpha value is -4.24. The molecule has 0 aromatic carbocycles. The molecule has 8 N–H and O–H groups in total. The number of carboxylic acids is 4. The summed E-state index contributed by atoms with van der Waals surface area (Å²) < 4.78 is 0. The number of carbonyl (C=O) groups excluding carboxylic acids is 4. The van der Waals surface area contributed by atoms with Crippen LogP contribution in [0.4, 0.5) is 0 Å². The number of amides is 4. The average molecular weight is 719 g/mol. The van der Waals surface area contributed by atoms with Crippen molar-refractivity contribution in [2.45, 2.75) is 89.1 Å². The number of rotatable bonds is 12. The maximum absolute atomic E-state index is 13.6. The zero-order valence-electron chi connectivity index (χ0n) is 28.8. The van der Waals surface area contributed by atoms with Gasteiger partial charge in [0.15, 0.2) is 0 Å². The molecule has 0 heterocycles. The Morgan fingerprint density at radius 3 is 1.22 bits per heavy atom. The highest BCUT2D eigenvalue weighted by molar-refractivity contribution is 5.91. The van der Waals surface area contributed by atoms with Crippen molar-refractivity contribution in [3.05, 3.63) is 0 Å². The largest absolute Gasteiger partial charge is 0.481 e. The lowest BCUT2D eigenvalue weighted by molar-refractivity contribution is -0.160. The fourth-order valence-electron chi connectivity index (χ4n) is 9.83. The molecule has 282 valence electrons. The van der Waals surface area contributed by atoms with E-state index in [0.717, 1.165) is 19.3 Å². The fourth-order valence-corrected chi connectivity index (χ4v) is 9.83. The number of carbonyl (C=O) groups is 8. The molecule has 0 aromatic heterocycles. The molecule has 5 aliphatic rings. The minimum atomic E-state index is -1.32. The highest BCUT2D eigenvalue weighted by Gasteiger charge is 2.51. The van der Waals surface area contributed by atoms with Gasteiger partial charge in [-0.15, -0.1) is 0 Å². The lowest BCUT2D eigenvalue weighted by atomic mass is 9.67. The number of aliphatic carboxylic acids is 4. The summed E-state index contributed by atoms with van der Waals surface area (Å²) >= 11 is 0. The van der Waals surface area contributed by atoms with Crippen molar-refractivity contribution in [3.63, 3.8) is 0 Å². The average Bonchev–Trinajstić information content (AvgIpc) is 3.73. The van der Waals surface area contributed by atoms with Gasteiger partial charge >= 0.3 is 23.9 Å². The molecule has 11 unspecified atom stereocenters. The highest BCUT2D eigenvalue weighted by Crippen LogP contribution is 2.48. The smallest absolute Gasteiger partial charge is 0.307 e. The second-order valence-electron chi connectivity index (χ2n) is 15.5. The molecule has 5 saturated carbocycles. The summed E-state index contributed by atoms with van der Waals surface area (Å²) in [7, 11) is 1.34. The van der Waals surface area contributed by atoms with Crippen LogP contribution in [0, 0.1) is 65.1 Å². The zero-order chi connectivity index (χ0) is 37.1. The van der Waals surface area contributed by atoms with Gasteiger partial charge in [-0.2, -0.15) is 0 Å². The van der Waals surface area contributed by atoms with Crippen molar-refractivity contribution in [1.82, 2.24) is 21.3 Å². The van der Waals surface area contributed by atoms with Gasteiger partial charge in [0.2, 0.25) is 23.6 Å². The molecule has 51 heavy (non-hydrogen) atoms. The Morgan fingerprint density at radius 2 is 0.863 bits per heavy atom. The summed E-state index contributed by atoms with van der Waals surface area (Å²) in [4.78, 5) is 101. The molecule has 0 aromatic rings. The van der Waals surface area contributed by atoms with Gasteiger partial charge in [-0.05, 0) is 88.4 Å². The van der Waals surface area contributed by atoms with E-state index in [4.69, 9.17) is 0 Å². The molecule has 4 amide bonds. The first-order chi connectivity index (χ1) is 24.2. The molecular weight excluding hydrogens is 668 g/mol. The second kappa shape index (κ2) is 16.0. The molecular formula is C35H50N4O12. The van der Waals surface area contributed by atoms with Crippen molar-refractivity contribution in [1.29, 1.82) is 0 Å². The highest BCUT2D eigenvalue weighted by atomic mass is 16.4. The van der Waals surface area contributed by atoms with Gasteiger partial charge in [0.1, 0.15) is 0 Å². The topological polar surface area (TPSA) is 266 Å². The van der Waals surface area contributed by atoms with Gasteiger partial charge < -0.3 is 41.7 Å². The molecule has 16 nitrogen and oxygen atoms in total. The van der Waals surface area contributed by atoms with Gasteiger partial charge in [-0.25, -0.2) is 0 Å². The Kier molecular flexibility index (Phi) is 11.9. The molecule has 2 bridgehead atoms. The van der Waals surface area contributed by atoms with E-state index >= 15 is 0 Å². The van der Waals surface area contributed by atoms with Crippen LogP contribution in [0.1, 0.15) is 77.0 Å². The van der Waals surface area contributed by atoms with Crippen molar-refractivity contribution in [3.8, 4) is 0 Å². The minimum Gasteiger partial charge on any atom is -0.481 e. The maximum Gasteiger partial charge on any atom is 0.307 e. The molecule has 0 spiro atoms. The van der Waals surface area contributed by atoms with Crippen molar-refractivity contribution >= 4 is 47.5 Å². The lowest BCUT2D eigenvalue weighted by Gasteiger charge is -2.38.